The molecular formula is C17H13F2NO4. The van der Waals surface area contributed by atoms with Crippen LogP contribution in [-0.2, 0) is 12.8 Å². The fraction of sp³-hybridized carbons (Fsp3) is 0.235. The molecule has 24 heavy (non-hydrogen) atoms. The summed E-state index contributed by atoms with van der Waals surface area (Å²) in [5.41, 5.74) is 2.40. The molecule has 0 radical (unpaired) electrons. The standard InChI is InChI=1S/C17H13F2NO4/c18-17(19)23-14-6-5-13(9-15(14)24-17)22-16(21)20-12-7-10-3-1-2-4-11(10)8-12/h1-6,9,12H,7-8H2,(H,20,21). The number of hydrogen-bond acceptors (Lipinski definition) is 4. The van der Waals surface area contributed by atoms with E-state index in [1.165, 1.54) is 29.3 Å². The van der Waals surface area contributed by atoms with Crippen molar-refractivity contribution in [3.05, 3.63) is 53.6 Å². The number of alkyl halides is 2. The number of hydrogen-bond donors (Lipinski definition) is 1. The fourth-order valence-corrected chi connectivity index (χ4v) is 2.96. The largest absolute Gasteiger partial charge is 0.586 e. The van der Waals surface area contributed by atoms with Gasteiger partial charge in [-0.05, 0) is 36.1 Å². The zero-order valence-electron chi connectivity index (χ0n) is 12.4. The monoisotopic (exact) mass is 333 g/mol. The Hall–Kier alpha value is -2.83. The quantitative estimate of drug-likeness (QED) is 0.916. The van der Waals surface area contributed by atoms with Gasteiger partial charge in [-0.3, -0.25) is 0 Å². The van der Waals surface area contributed by atoms with Gasteiger partial charge in [-0.1, -0.05) is 24.3 Å². The number of halogens is 2. The predicted molar refractivity (Wildman–Crippen MR) is 79.4 cm³/mol. The van der Waals surface area contributed by atoms with Crippen molar-refractivity contribution in [1.82, 2.24) is 5.32 Å². The number of carbonyl (C=O) groups is 1. The Morgan fingerprint density at radius 3 is 2.46 bits per heavy atom. The van der Waals surface area contributed by atoms with Gasteiger partial charge in [0.05, 0.1) is 0 Å². The third kappa shape index (κ3) is 2.84. The van der Waals surface area contributed by atoms with Crippen LogP contribution in [0.1, 0.15) is 11.1 Å². The average molecular weight is 333 g/mol. The molecule has 124 valence electrons. The summed E-state index contributed by atoms with van der Waals surface area (Å²) in [5.74, 6) is -0.166. The summed E-state index contributed by atoms with van der Waals surface area (Å²) in [6.07, 6.45) is -2.87. The summed E-state index contributed by atoms with van der Waals surface area (Å²) in [6, 6.07) is 11.8. The van der Waals surface area contributed by atoms with Crippen LogP contribution < -0.4 is 19.5 Å². The SMILES string of the molecule is O=C(NC1Cc2ccccc2C1)Oc1ccc2c(c1)OC(F)(F)O2. The van der Waals surface area contributed by atoms with Gasteiger partial charge >= 0.3 is 12.4 Å². The molecule has 1 aliphatic heterocycles. The molecule has 1 amide bonds. The zero-order chi connectivity index (χ0) is 16.7. The van der Waals surface area contributed by atoms with Crippen LogP contribution in [0.2, 0.25) is 0 Å². The first-order chi connectivity index (χ1) is 11.5. The lowest BCUT2D eigenvalue weighted by molar-refractivity contribution is -0.286. The highest BCUT2D eigenvalue weighted by atomic mass is 19.3. The Balaban J connectivity index is 1.38. The summed E-state index contributed by atoms with van der Waals surface area (Å²) >= 11 is 0. The number of fused-ring (bicyclic) bond motifs is 2. The smallest absolute Gasteiger partial charge is 0.410 e. The van der Waals surface area contributed by atoms with Crippen molar-refractivity contribution in [3.8, 4) is 17.2 Å². The molecular weight excluding hydrogens is 320 g/mol. The van der Waals surface area contributed by atoms with Crippen LogP contribution in [0.25, 0.3) is 0 Å². The first-order valence-corrected chi connectivity index (χ1v) is 7.43. The minimum absolute atomic E-state index is 0.0479. The van der Waals surface area contributed by atoms with Gasteiger partial charge in [0.15, 0.2) is 11.5 Å². The van der Waals surface area contributed by atoms with Gasteiger partial charge in [0, 0.05) is 12.1 Å². The van der Waals surface area contributed by atoms with Gasteiger partial charge in [0.1, 0.15) is 5.75 Å². The lowest BCUT2D eigenvalue weighted by atomic mass is 10.1. The second-order valence-corrected chi connectivity index (χ2v) is 5.68. The molecule has 4 rings (SSSR count). The number of benzene rings is 2. The summed E-state index contributed by atoms with van der Waals surface area (Å²) in [6.45, 7) is 0. The van der Waals surface area contributed by atoms with Gasteiger partial charge in [0.2, 0.25) is 0 Å². The maximum absolute atomic E-state index is 13.0. The van der Waals surface area contributed by atoms with Crippen LogP contribution in [0.5, 0.6) is 17.2 Å². The Labute approximate surface area is 136 Å². The maximum Gasteiger partial charge on any atom is 0.586 e. The molecule has 0 atom stereocenters. The van der Waals surface area contributed by atoms with E-state index in [0.29, 0.717) is 0 Å². The zero-order valence-corrected chi connectivity index (χ0v) is 12.4. The third-order valence-electron chi connectivity index (χ3n) is 3.96. The Morgan fingerprint density at radius 1 is 1.08 bits per heavy atom. The molecule has 2 aromatic rings. The topological polar surface area (TPSA) is 56.8 Å². The van der Waals surface area contributed by atoms with E-state index in [1.54, 1.807) is 0 Å². The molecule has 1 N–H and O–H groups in total. The van der Waals surface area contributed by atoms with Gasteiger partial charge < -0.3 is 19.5 Å². The number of rotatable bonds is 2. The summed E-state index contributed by atoms with van der Waals surface area (Å²) in [4.78, 5) is 12.0. The normalized spacial score (nSPS) is 17.4. The van der Waals surface area contributed by atoms with E-state index in [2.05, 4.69) is 14.8 Å². The van der Waals surface area contributed by atoms with Crippen LogP contribution >= 0.6 is 0 Å². The van der Waals surface area contributed by atoms with Crippen LogP contribution in [-0.4, -0.2) is 18.4 Å². The fourth-order valence-electron chi connectivity index (χ4n) is 2.96. The van der Waals surface area contributed by atoms with Gasteiger partial charge in [-0.2, -0.15) is 0 Å². The van der Waals surface area contributed by atoms with E-state index in [9.17, 15) is 13.6 Å². The van der Waals surface area contributed by atoms with Crippen molar-refractivity contribution in [2.45, 2.75) is 25.2 Å². The van der Waals surface area contributed by atoms with Crippen molar-refractivity contribution < 1.29 is 27.8 Å². The first-order valence-electron chi connectivity index (χ1n) is 7.43. The maximum atomic E-state index is 13.0. The van der Waals surface area contributed by atoms with Crippen LogP contribution in [0.15, 0.2) is 42.5 Å². The Kier molecular flexibility index (Phi) is 3.30. The Morgan fingerprint density at radius 2 is 1.75 bits per heavy atom. The highest BCUT2D eigenvalue weighted by Gasteiger charge is 2.43. The van der Waals surface area contributed by atoms with Crippen LogP contribution in [0.3, 0.4) is 0 Å². The molecule has 0 spiro atoms. The molecule has 0 unspecified atom stereocenters. The molecule has 0 fully saturated rings. The average Bonchev–Trinajstić information content (AvgIpc) is 3.04. The predicted octanol–water partition coefficient (Wildman–Crippen LogP) is 3.26. The van der Waals surface area contributed by atoms with E-state index < -0.39 is 12.4 Å². The summed E-state index contributed by atoms with van der Waals surface area (Å²) in [7, 11) is 0. The van der Waals surface area contributed by atoms with Gasteiger partial charge in [-0.15, -0.1) is 8.78 Å². The summed E-state index contributed by atoms with van der Waals surface area (Å²) in [5, 5.41) is 2.78. The van der Waals surface area contributed by atoms with Crippen LogP contribution in [0, 0.1) is 0 Å². The van der Waals surface area contributed by atoms with E-state index >= 15 is 0 Å². The van der Waals surface area contributed by atoms with Crippen LogP contribution in [0.4, 0.5) is 13.6 Å². The lowest BCUT2D eigenvalue weighted by Gasteiger charge is -2.12. The van der Waals surface area contributed by atoms with Crippen molar-refractivity contribution in [3.63, 3.8) is 0 Å². The van der Waals surface area contributed by atoms with E-state index in [0.717, 1.165) is 12.8 Å². The summed E-state index contributed by atoms with van der Waals surface area (Å²) < 4.78 is 39.7. The molecule has 0 saturated carbocycles. The second-order valence-electron chi connectivity index (χ2n) is 5.68. The molecule has 0 aromatic heterocycles. The van der Waals surface area contributed by atoms with Crippen molar-refractivity contribution >= 4 is 6.09 Å². The minimum atomic E-state index is -3.70. The van der Waals surface area contributed by atoms with Gasteiger partial charge in [-0.25, -0.2) is 4.79 Å². The highest BCUT2D eigenvalue weighted by molar-refractivity contribution is 5.71. The highest BCUT2D eigenvalue weighted by Crippen LogP contribution is 2.42. The molecule has 1 aliphatic carbocycles. The molecule has 0 bridgehead atoms. The lowest BCUT2D eigenvalue weighted by Crippen LogP contribution is -2.37. The molecule has 0 saturated heterocycles. The number of ether oxygens (including phenoxy) is 3. The van der Waals surface area contributed by atoms with E-state index in [4.69, 9.17) is 4.74 Å². The van der Waals surface area contributed by atoms with E-state index in [-0.39, 0.29) is 23.3 Å². The molecule has 2 aliphatic rings. The molecule has 5 nitrogen and oxygen atoms in total. The number of amides is 1. The number of nitrogens with one attached hydrogen (secondary N) is 1. The van der Waals surface area contributed by atoms with Crippen molar-refractivity contribution in [2.24, 2.45) is 0 Å². The van der Waals surface area contributed by atoms with Gasteiger partial charge in [0.25, 0.3) is 0 Å². The molecule has 7 heteroatoms. The third-order valence-corrected chi connectivity index (χ3v) is 3.96. The van der Waals surface area contributed by atoms with E-state index in [1.807, 2.05) is 24.3 Å². The van der Waals surface area contributed by atoms with Crippen molar-refractivity contribution in [2.75, 3.05) is 0 Å². The van der Waals surface area contributed by atoms with Crippen molar-refractivity contribution in [1.29, 1.82) is 0 Å². The molecule has 2 aromatic carbocycles. The Bertz CT molecular complexity index is 784. The molecule has 1 heterocycles. The second kappa shape index (κ2) is 5.36. The minimum Gasteiger partial charge on any atom is -0.410 e. The first kappa shape index (κ1) is 14.7. The number of carbonyl (C=O) groups excluding carboxylic acids is 1.